The minimum atomic E-state index is -0.375. The molecule has 0 aromatic heterocycles. The number of nitrogens with one attached hydrogen (secondary N) is 3. The van der Waals surface area contributed by atoms with Crippen LogP contribution in [-0.2, 0) is 9.53 Å². The Labute approximate surface area is 163 Å². The van der Waals surface area contributed by atoms with E-state index in [1.807, 2.05) is 13.8 Å². The predicted molar refractivity (Wildman–Crippen MR) is 105 cm³/mol. The largest absolute Gasteiger partial charge is 0.364 e. The molecule has 2 aromatic rings. The first-order chi connectivity index (χ1) is 13.4. The second kappa shape index (κ2) is 8.95. The number of morpholine rings is 1. The fourth-order valence-corrected chi connectivity index (χ4v) is 3.48. The van der Waals surface area contributed by atoms with Crippen molar-refractivity contribution in [1.82, 2.24) is 0 Å². The van der Waals surface area contributed by atoms with Crippen LogP contribution >= 0.6 is 0 Å². The molecule has 1 aliphatic heterocycles. The van der Waals surface area contributed by atoms with Gasteiger partial charge in [0, 0.05) is 5.69 Å². The minimum absolute atomic E-state index is 0.111. The highest BCUT2D eigenvalue weighted by Gasteiger charge is 2.27. The first-order valence-electron chi connectivity index (χ1n) is 9.35. The number of hydrogen-bond donors (Lipinski definition) is 3. The molecule has 6 nitrogen and oxygen atoms in total. The van der Waals surface area contributed by atoms with Gasteiger partial charge in [0.25, 0.3) is 11.8 Å². The Morgan fingerprint density at radius 1 is 1.04 bits per heavy atom. The van der Waals surface area contributed by atoms with Crippen molar-refractivity contribution in [1.29, 1.82) is 0 Å². The fraction of sp³-hybridized carbons (Fsp3) is 0.333. The highest BCUT2D eigenvalue weighted by Crippen LogP contribution is 2.17. The number of ether oxygens (including phenoxy) is 1. The van der Waals surface area contributed by atoms with Crippen LogP contribution in [0.1, 0.15) is 24.2 Å². The van der Waals surface area contributed by atoms with E-state index in [-0.39, 0.29) is 29.8 Å². The van der Waals surface area contributed by atoms with Crippen molar-refractivity contribution < 1.29 is 23.6 Å². The zero-order chi connectivity index (χ0) is 20.1. The number of halogens is 1. The topological polar surface area (TPSA) is 71.9 Å². The van der Waals surface area contributed by atoms with Crippen molar-refractivity contribution in [3.63, 3.8) is 0 Å². The molecule has 1 unspecified atom stereocenters. The molecule has 7 heteroatoms. The van der Waals surface area contributed by atoms with Crippen LogP contribution in [0, 0.1) is 5.82 Å². The first-order valence-corrected chi connectivity index (χ1v) is 9.35. The molecule has 3 atom stereocenters. The van der Waals surface area contributed by atoms with Crippen LogP contribution in [0.4, 0.5) is 15.8 Å². The van der Waals surface area contributed by atoms with Crippen LogP contribution in [-0.4, -0.2) is 43.7 Å². The molecule has 28 heavy (non-hydrogen) atoms. The number of para-hydroxylation sites is 1. The molecule has 0 spiro atoms. The number of benzene rings is 2. The number of carbonyl (C=O) groups is 2. The number of carbonyl (C=O) groups excluding carboxylic acids is 2. The van der Waals surface area contributed by atoms with E-state index >= 15 is 0 Å². The summed E-state index contributed by atoms with van der Waals surface area (Å²) >= 11 is 0. The molecule has 2 amide bonds. The van der Waals surface area contributed by atoms with Crippen molar-refractivity contribution in [2.45, 2.75) is 26.1 Å². The Balaban J connectivity index is 1.65. The summed E-state index contributed by atoms with van der Waals surface area (Å²) in [5, 5.41) is 5.56. The molecule has 2 aromatic carbocycles. The fourth-order valence-electron chi connectivity index (χ4n) is 3.48. The molecule has 1 heterocycles. The van der Waals surface area contributed by atoms with Gasteiger partial charge >= 0.3 is 0 Å². The lowest BCUT2D eigenvalue weighted by molar-refractivity contribution is -0.907. The number of anilines is 2. The molecule has 0 radical (unpaired) electrons. The molecule has 1 aliphatic rings. The summed E-state index contributed by atoms with van der Waals surface area (Å²) in [4.78, 5) is 26.3. The van der Waals surface area contributed by atoms with Crippen LogP contribution in [0.25, 0.3) is 0 Å². The number of amides is 2. The predicted octanol–water partition coefficient (Wildman–Crippen LogP) is 1.71. The van der Waals surface area contributed by atoms with Crippen molar-refractivity contribution in [2.75, 3.05) is 30.3 Å². The third kappa shape index (κ3) is 5.37. The zero-order valence-electron chi connectivity index (χ0n) is 16.0. The van der Waals surface area contributed by atoms with Gasteiger partial charge < -0.3 is 20.3 Å². The van der Waals surface area contributed by atoms with Crippen LogP contribution in [0.2, 0.25) is 0 Å². The monoisotopic (exact) mass is 386 g/mol. The van der Waals surface area contributed by atoms with E-state index < -0.39 is 0 Å². The van der Waals surface area contributed by atoms with Crippen molar-refractivity contribution in [3.05, 3.63) is 59.9 Å². The highest BCUT2D eigenvalue weighted by molar-refractivity contribution is 6.10. The number of quaternary nitrogens is 1. The summed E-state index contributed by atoms with van der Waals surface area (Å²) in [6, 6.07) is 12.3. The summed E-state index contributed by atoms with van der Waals surface area (Å²) in [5.41, 5.74) is 1.27. The second-order valence-corrected chi connectivity index (χ2v) is 7.15. The lowest BCUT2D eigenvalue weighted by Crippen LogP contribution is -3.16. The van der Waals surface area contributed by atoms with Gasteiger partial charge in [0.2, 0.25) is 0 Å². The van der Waals surface area contributed by atoms with E-state index in [2.05, 4.69) is 10.6 Å². The molecule has 0 bridgehead atoms. The van der Waals surface area contributed by atoms with Gasteiger partial charge in [-0.2, -0.15) is 0 Å². The third-order valence-corrected chi connectivity index (χ3v) is 4.58. The molecule has 1 fully saturated rings. The Kier molecular flexibility index (Phi) is 6.38. The molecule has 1 saturated heterocycles. The van der Waals surface area contributed by atoms with E-state index in [0.717, 1.165) is 18.0 Å². The van der Waals surface area contributed by atoms with Gasteiger partial charge in [-0.3, -0.25) is 9.59 Å². The van der Waals surface area contributed by atoms with Crippen LogP contribution in [0.5, 0.6) is 0 Å². The Hall–Kier alpha value is -2.77. The van der Waals surface area contributed by atoms with E-state index in [4.69, 9.17) is 4.74 Å². The molecule has 0 saturated carbocycles. The minimum Gasteiger partial charge on any atom is -0.364 e. The molecular weight excluding hydrogens is 361 g/mol. The second-order valence-electron chi connectivity index (χ2n) is 7.15. The summed E-state index contributed by atoms with van der Waals surface area (Å²) in [7, 11) is 0. The molecule has 3 N–H and O–H groups in total. The van der Waals surface area contributed by atoms with Crippen LogP contribution in [0.15, 0.2) is 48.5 Å². The van der Waals surface area contributed by atoms with Gasteiger partial charge in [-0.15, -0.1) is 0 Å². The maximum absolute atomic E-state index is 13.0. The van der Waals surface area contributed by atoms with Crippen LogP contribution < -0.4 is 15.5 Å². The quantitative estimate of drug-likeness (QED) is 0.733. The summed E-state index contributed by atoms with van der Waals surface area (Å²) in [6.45, 7) is 5.85. The Morgan fingerprint density at radius 3 is 2.36 bits per heavy atom. The van der Waals surface area contributed by atoms with E-state index in [1.165, 1.54) is 24.3 Å². The normalized spacial score (nSPS) is 21.8. The number of hydrogen-bond acceptors (Lipinski definition) is 3. The lowest BCUT2D eigenvalue weighted by Gasteiger charge is -2.31. The van der Waals surface area contributed by atoms with E-state index in [0.29, 0.717) is 23.5 Å². The maximum atomic E-state index is 13.0. The van der Waals surface area contributed by atoms with Crippen molar-refractivity contribution in [3.8, 4) is 0 Å². The van der Waals surface area contributed by atoms with E-state index in [9.17, 15) is 14.0 Å². The molecule has 0 aliphatic carbocycles. The molecule has 148 valence electrons. The average Bonchev–Trinajstić information content (AvgIpc) is 2.63. The summed E-state index contributed by atoms with van der Waals surface area (Å²) in [5.74, 6) is -0.901. The van der Waals surface area contributed by atoms with Gasteiger partial charge in [-0.1, -0.05) is 12.1 Å². The van der Waals surface area contributed by atoms with Crippen molar-refractivity contribution >= 4 is 23.2 Å². The van der Waals surface area contributed by atoms with Gasteiger partial charge in [0.05, 0.1) is 11.3 Å². The first kappa shape index (κ1) is 20.0. The van der Waals surface area contributed by atoms with Gasteiger partial charge in [-0.05, 0) is 50.2 Å². The van der Waals surface area contributed by atoms with Gasteiger partial charge in [-0.25, -0.2) is 4.39 Å². The smallest absolute Gasteiger partial charge is 0.279 e. The summed E-state index contributed by atoms with van der Waals surface area (Å²) < 4.78 is 18.7. The molecule has 3 rings (SSSR count). The standard InChI is InChI=1S/C21H24FN3O3/c1-14-11-25(12-15(2)28-14)13-20(26)24-19-6-4-3-5-18(19)21(27)23-17-9-7-16(22)8-10-17/h3-10,14-15H,11-13H2,1-2H3,(H,23,27)(H,24,26)/p+1/t14-,15+. The SMILES string of the molecule is C[C@@H]1C[NH+](CC(=O)Nc2ccccc2C(=O)Nc2ccc(F)cc2)C[C@H](C)O1. The highest BCUT2D eigenvalue weighted by atomic mass is 19.1. The zero-order valence-corrected chi connectivity index (χ0v) is 16.0. The Morgan fingerprint density at radius 2 is 1.68 bits per heavy atom. The maximum Gasteiger partial charge on any atom is 0.279 e. The average molecular weight is 386 g/mol. The van der Waals surface area contributed by atoms with Gasteiger partial charge in [0.15, 0.2) is 6.54 Å². The van der Waals surface area contributed by atoms with Gasteiger partial charge in [0.1, 0.15) is 31.1 Å². The van der Waals surface area contributed by atoms with Crippen molar-refractivity contribution in [2.24, 2.45) is 0 Å². The lowest BCUT2D eigenvalue weighted by atomic mass is 10.1. The number of rotatable bonds is 5. The summed E-state index contributed by atoms with van der Waals surface area (Å²) in [6.07, 6.45) is 0.223. The third-order valence-electron chi connectivity index (χ3n) is 4.58. The Bertz CT molecular complexity index is 831. The van der Waals surface area contributed by atoms with Crippen LogP contribution in [0.3, 0.4) is 0 Å². The van der Waals surface area contributed by atoms with E-state index in [1.54, 1.807) is 24.3 Å². The molecular formula is C21H25FN3O3+.